The maximum Gasteiger partial charge on any atom is 0.200 e. The van der Waals surface area contributed by atoms with Crippen LogP contribution >= 0.6 is 19.0 Å². The standard InChI is InChI=1S/C14H23ClNO2P/c1-11(2)9-18-19(3,17)10-13(8-16)12-4-6-14(15)7-5-12/h4-7,11,13H,8-10,16H2,1-3H3. The molecule has 3 nitrogen and oxygen atoms in total. The average molecular weight is 304 g/mol. The summed E-state index contributed by atoms with van der Waals surface area (Å²) in [5, 5.41) is 0.690. The third-order valence-electron chi connectivity index (χ3n) is 2.86. The highest BCUT2D eigenvalue weighted by Gasteiger charge is 2.23. The van der Waals surface area contributed by atoms with E-state index in [1.54, 1.807) is 6.66 Å². The molecule has 108 valence electrons. The highest BCUT2D eigenvalue weighted by molar-refractivity contribution is 7.58. The Morgan fingerprint density at radius 3 is 2.37 bits per heavy atom. The molecular weight excluding hydrogens is 281 g/mol. The topological polar surface area (TPSA) is 52.3 Å². The molecule has 0 aliphatic carbocycles. The van der Waals surface area contributed by atoms with E-state index in [-0.39, 0.29) is 5.92 Å². The molecule has 0 saturated heterocycles. The summed E-state index contributed by atoms with van der Waals surface area (Å²) in [6, 6.07) is 7.52. The fourth-order valence-electron chi connectivity index (χ4n) is 1.81. The second-order valence-electron chi connectivity index (χ2n) is 5.37. The fraction of sp³-hybridized carbons (Fsp3) is 0.571. The van der Waals surface area contributed by atoms with Gasteiger partial charge >= 0.3 is 0 Å². The zero-order valence-corrected chi connectivity index (χ0v) is 13.5. The monoisotopic (exact) mass is 303 g/mol. The number of rotatable bonds is 7. The van der Waals surface area contributed by atoms with Crippen molar-refractivity contribution in [1.82, 2.24) is 0 Å². The van der Waals surface area contributed by atoms with Crippen molar-refractivity contribution >= 4 is 19.0 Å². The first kappa shape index (κ1) is 16.7. The van der Waals surface area contributed by atoms with Crippen LogP contribution in [0.5, 0.6) is 0 Å². The van der Waals surface area contributed by atoms with Crippen molar-refractivity contribution in [1.29, 1.82) is 0 Å². The second-order valence-corrected chi connectivity index (χ2v) is 8.46. The molecule has 0 bridgehead atoms. The second kappa shape index (κ2) is 7.44. The third-order valence-corrected chi connectivity index (χ3v) is 4.91. The van der Waals surface area contributed by atoms with Gasteiger partial charge in [0, 0.05) is 23.8 Å². The molecule has 0 aromatic heterocycles. The summed E-state index contributed by atoms with van der Waals surface area (Å²) >= 11 is 5.87. The Bertz CT molecular complexity index is 434. The van der Waals surface area contributed by atoms with Crippen LogP contribution < -0.4 is 5.73 Å². The Kier molecular flexibility index (Phi) is 6.55. The predicted octanol–water partition coefficient (Wildman–Crippen LogP) is 3.96. The minimum atomic E-state index is -2.61. The summed E-state index contributed by atoms with van der Waals surface area (Å²) in [5.41, 5.74) is 6.85. The van der Waals surface area contributed by atoms with Crippen LogP contribution in [0, 0.1) is 5.92 Å². The van der Waals surface area contributed by atoms with Gasteiger partial charge in [0.1, 0.15) is 0 Å². The van der Waals surface area contributed by atoms with E-state index in [9.17, 15) is 4.57 Å². The summed E-state index contributed by atoms with van der Waals surface area (Å²) in [5.74, 6) is 0.417. The summed E-state index contributed by atoms with van der Waals surface area (Å²) in [6.45, 7) is 6.74. The smallest absolute Gasteiger partial charge is 0.200 e. The summed E-state index contributed by atoms with van der Waals surface area (Å²) in [7, 11) is -2.61. The summed E-state index contributed by atoms with van der Waals surface area (Å²) < 4.78 is 18.0. The molecular formula is C14H23ClNO2P. The quantitative estimate of drug-likeness (QED) is 0.776. The Morgan fingerprint density at radius 2 is 1.89 bits per heavy atom. The van der Waals surface area contributed by atoms with Gasteiger partial charge in [0.15, 0.2) is 0 Å². The lowest BCUT2D eigenvalue weighted by Gasteiger charge is -2.21. The maximum atomic E-state index is 12.4. The molecule has 0 amide bonds. The Labute approximate surface area is 120 Å². The first-order valence-electron chi connectivity index (χ1n) is 6.50. The van der Waals surface area contributed by atoms with Crippen LogP contribution in [-0.4, -0.2) is 26.0 Å². The molecule has 0 spiro atoms. The zero-order valence-electron chi connectivity index (χ0n) is 11.8. The average Bonchev–Trinajstić information content (AvgIpc) is 2.35. The molecule has 1 aromatic rings. The van der Waals surface area contributed by atoms with Crippen LogP contribution in [0.25, 0.3) is 0 Å². The highest BCUT2D eigenvalue weighted by Crippen LogP contribution is 2.46. The van der Waals surface area contributed by atoms with Gasteiger partial charge in [-0.05, 0) is 30.2 Å². The van der Waals surface area contributed by atoms with Crippen molar-refractivity contribution in [2.24, 2.45) is 11.7 Å². The first-order valence-corrected chi connectivity index (χ1v) is 9.14. The zero-order chi connectivity index (χ0) is 14.5. The summed E-state index contributed by atoms with van der Waals surface area (Å²) in [4.78, 5) is 0. The van der Waals surface area contributed by atoms with Gasteiger partial charge in [0.25, 0.3) is 0 Å². The fourth-order valence-corrected chi connectivity index (χ4v) is 3.82. The van der Waals surface area contributed by atoms with Gasteiger partial charge in [-0.2, -0.15) is 0 Å². The molecule has 2 atom stereocenters. The van der Waals surface area contributed by atoms with Gasteiger partial charge in [-0.15, -0.1) is 0 Å². The normalized spacial score (nSPS) is 16.3. The van der Waals surface area contributed by atoms with E-state index in [1.165, 1.54) is 0 Å². The molecule has 19 heavy (non-hydrogen) atoms. The van der Waals surface area contributed by atoms with E-state index in [4.69, 9.17) is 21.9 Å². The van der Waals surface area contributed by atoms with Gasteiger partial charge in [0.05, 0.1) is 6.61 Å². The van der Waals surface area contributed by atoms with Gasteiger partial charge in [0.2, 0.25) is 7.37 Å². The molecule has 0 fully saturated rings. The Hall–Kier alpha value is -0.340. The lowest BCUT2D eigenvalue weighted by Crippen LogP contribution is -2.17. The minimum absolute atomic E-state index is 0.0419. The molecule has 1 aromatic carbocycles. The van der Waals surface area contributed by atoms with Crippen molar-refractivity contribution in [2.75, 3.05) is 26.0 Å². The number of nitrogens with two attached hydrogens (primary N) is 1. The Balaban J connectivity index is 2.70. The van der Waals surface area contributed by atoms with E-state index in [1.807, 2.05) is 38.1 Å². The lowest BCUT2D eigenvalue weighted by atomic mass is 10.0. The molecule has 1 rings (SSSR count). The van der Waals surface area contributed by atoms with Crippen molar-refractivity contribution in [3.63, 3.8) is 0 Å². The molecule has 0 saturated carbocycles. The van der Waals surface area contributed by atoms with E-state index in [2.05, 4.69) is 0 Å². The molecule has 0 radical (unpaired) electrons. The number of hydrogen-bond donors (Lipinski definition) is 1. The first-order chi connectivity index (χ1) is 8.84. The SMILES string of the molecule is CC(C)COP(C)(=O)CC(CN)c1ccc(Cl)cc1. The van der Waals surface area contributed by atoms with Crippen LogP contribution in [0.4, 0.5) is 0 Å². The van der Waals surface area contributed by atoms with Gasteiger partial charge < -0.3 is 10.3 Å². The minimum Gasteiger partial charge on any atom is -0.330 e. The van der Waals surface area contributed by atoms with E-state index in [0.29, 0.717) is 30.3 Å². The van der Waals surface area contributed by atoms with E-state index >= 15 is 0 Å². The molecule has 5 heteroatoms. The summed E-state index contributed by atoms with van der Waals surface area (Å²) in [6.07, 6.45) is 0.470. The number of hydrogen-bond acceptors (Lipinski definition) is 3. The van der Waals surface area contributed by atoms with Crippen molar-refractivity contribution < 1.29 is 9.09 Å². The van der Waals surface area contributed by atoms with E-state index < -0.39 is 7.37 Å². The Morgan fingerprint density at radius 1 is 1.32 bits per heavy atom. The number of halogens is 1. The molecule has 0 heterocycles. The van der Waals surface area contributed by atoms with Crippen LogP contribution in [-0.2, 0) is 9.09 Å². The third kappa shape index (κ3) is 6.09. The van der Waals surface area contributed by atoms with E-state index in [0.717, 1.165) is 5.56 Å². The maximum absolute atomic E-state index is 12.4. The largest absolute Gasteiger partial charge is 0.330 e. The van der Waals surface area contributed by atoms with Crippen LogP contribution in [0.15, 0.2) is 24.3 Å². The molecule has 0 aliphatic heterocycles. The predicted molar refractivity (Wildman–Crippen MR) is 82.4 cm³/mol. The van der Waals surface area contributed by atoms with Crippen LogP contribution in [0.3, 0.4) is 0 Å². The lowest BCUT2D eigenvalue weighted by molar-refractivity contribution is 0.272. The van der Waals surface area contributed by atoms with Gasteiger partial charge in [-0.3, -0.25) is 4.57 Å². The molecule has 0 aliphatic rings. The van der Waals surface area contributed by atoms with Crippen LogP contribution in [0.1, 0.15) is 25.3 Å². The van der Waals surface area contributed by atoms with Gasteiger partial charge in [-0.1, -0.05) is 37.6 Å². The van der Waals surface area contributed by atoms with Crippen LogP contribution in [0.2, 0.25) is 5.02 Å². The van der Waals surface area contributed by atoms with Crippen molar-refractivity contribution in [3.8, 4) is 0 Å². The molecule has 2 N–H and O–H groups in total. The highest BCUT2D eigenvalue weighted by atomic mass is 35.5. The molecule has 2 unspecified atom stereocenters. The van der Waals surface area contributed by atoms with Crippen molar-refractivity contribution in [3.05, 3.63) is 34.9 Å². The number of benzene rings is 1. The van der Waals surface area contributed by atoms with Crippen molar-refractivity contribution in [2.45, 2.75) is 19.8 Å². The van der Waals surface area contributed by atoms with Gasteiger partial charge in [-0.25, -0.2) is 0 Å².